The van der Waals surface area contributed by atoms with Crippen molar-refractivity contribution in [2.45, 2.75) is 11.3 Å². The molecule has 1 heterocycles. The van der Waals surface area contributed by atoms with Crippen molar-refractivity contribution in [1.82, 2.24) is 0 Å². The van der Waals surface area contributed by atoms with Gasteiger partial charge in [-0.1, -0.05) is 15.9 Å². The maximum absolute atomic E-state index is 11.7. The number of anilines is 1. The number of fused-ring (bicyclic) bond motifs is 1. The summed E-state index contributed by atoms with van der Waals surface area (Å²) < 4.78 is 24.4. The van der Waals surface area contributed by atoms with E-state index in [1.165, 1.54) is 0 Å². The van der Waals surface area contributed by atoms with Crippen LogP contribution in [0.2, 0.25) is 0 Å². The Morgan fingerprint density at radius 2 is 2.14 bits per heavy atom. The van der Waals surface area contributed by atoms with Gasteiger partial charge in [0, 0.05) is 11.0 Å². The number of nitrogens with one attached hydrogen (secondary N) is 1. The third-order valence-corrected chi connectivity index (χ3v) is 4.53. The van der Waals surface area contributed by atoms with E-state index in [0.717, 1.165) is 4.47 Å². The molecule has 76 valence electrons. The lowest BCUT2D eigenvalue weighted by atomic mass is 10.3. The summed E-state index contributed by atoms with van der Waals surface area (Å²) in [7, 11) is -3.08. The number of sulfone groups is 1. The molecule has 14 heavy (non-hydrogen) atoms. The van der Waals surface area contributed by atoms with Crippen molar-refractivity contribution >= 4 is 31.5 Å². The normalized spacial score (nSPS) is 19.2. The number of hydrogen-bond acceptors (Lipinski definition) is 3. The summed E-state index contributed by atoms with van der Waals surface area (Å²) in [5, 5.41) is 3.11. The molecule has 0 spiro atoms. The summed E-state index contributed by atoms with van der Waals surface area (Å²) in [6, 6.07) is 5.20. The van der Waals surface area contributed by atoms with Crippen LogP contribution in [0.25, 0.3) is 0 Å². The van der Waals surface area contributed by atoms with Crippen LogP contribution in [-0.4, -0.2) is 20.7 Å². The first-order chi connectivity index (χ1) is 6.59. The van der Waals surface area contributed by atoms with Gasteiger partial charge in [-0.05, 0) is 24.6 Å². The molecule has 0 aliphatic carbocycles. The fourth-order valence-corrected chi connectivity index (χ4v) is 3.35. The summed E-state index contributed by atoms with van der Waals surface area (Å²) in [5.74, 6) is 0.231. The highest BCUT2D eigenvalue weighted by atomic mass is 79.9. The summed E-state index contributed by atoms with van der Waals surface area (Å²) in [6.07, 6.45) is 0.661. The van der Waals surface area contributed by atoms with Crippen LogP contribution >= 0.6 is 15.9 Å². The maximum atomic E-state index is 11.7. The van der Waals surface area contributed by atoms with E-state index >= 15 is 0 Å². The van der Waals surface area contributed by atoms with Crippen LogP contribution in [0, 0.1) is 0 Å². The Morgan fingerprint density at radius 1 is 1.36 bits per heavy atom. The van der Waals surface area contributed by atoms with Gasteiger partial charge in [0.2, 0.25) is 0 Å². The fraction of sp³-hybridized carbons (Fsp3) is 0.333. The van der Waals surface area contributed by atoms with Crippen LogP contribution in [0.4, 0.5) is 5.69 Å². The summed E-state index contributed by atoms with van der Waals surface area (Å²) in [4.78, 5) is 0.415. The van der Waals surface area contributed by atoms with Gasteiger partial charge in [-0.15, -0.1) is 0 Å². The van der Waals surface area contributed by atoms with Gasteiger partial charge in [-0.2, -0.15) is 0 Å². The number of halogens is 1. The van der Waals surface area contributed by atoms with E-state index in [4.69, 9.17) is 0 Å². The van der Waals surface area contributed by atoms with E-state index in [9.17, 15) is 8.42 Å². The van der Waals surface area contributed by atoms with Gasteiger partial charge in [-0.3, -0.25) is 0 Å². The smallest absolute Gasteiger partial charge is 0.180 e. The van der Waals surface area contributed by atoms with Crippen LogP contribution < -0.4 is 5.32 Å². The Labute approximate surface area is 91.6 Å². The first kappa shape index (κ1) is 9.98. The van der Waals surface area contributed by atoms with Crippen molar-refractivity contribution in [3.8, 4) is 0 Å². The SMILES string of the molecule is O=S1(=O)CCCNc2cc(Br)ccc21. The van der Waals surface area contributed by atoms with E-state index in [-0.39, 0.29) is 5.75 Å². The van der Waals surface area contributed by atoms with E-state index in [2.05, 4.69) is 21.2 Å². The topological polar surface area (TPSA) is 46.2 Å². The zero-order valence-corrected chi connectivity index (χ0v) is 9.86. The first-order valence-electron chi connectivity index (χ1n) is 4.36. The van der Waals surface area contributed by atoms with Gasteiger partial charge in [0.05, 0.1) is 16.3 Å². The second-order valence-corrected chi connectivity index (χ2v) is 6.23. The quantitative estimate of drug-likeness (QED) is 0.788. The fourth-order valence-electron chi connectivity index (χ4n) is 1.51. The van der Waals surface area contributed by atoms with Crippen molar-refractivity contribution in [2.75, 3.05) is 17.6 Å². The molecule has 1 N–H and O–H groups in total. The molecule has 1 aromatic rings. The molecule has 0 saturated carbocycles. The van der Waals surface area contributed by atoms with Crippen molar-refractivity contribution in [3.63, 3.8) is 0 Å². The molecule has 0 fully saturated rings. The minimum atomic E-state index is -3.08. The van der Waals surface area contributed by atoms with E-state index in [0.29, 0.717) is 23.5 Å². The molecular weight excluding hydrogens is 266 g/mol. The molecule has 0 unspecified atom stereocenters. The van der Waals surface area contributed by atoms with Gasteiger partial charge in [0.15, 0.2) is 9.84 Å². The maximum Gasteiger partial charge on any atom is 0.180 e. The molecule has 0 bridgehead atoms. The molecule has 1 aromatic carbocycles. The predicted octanol–water partition coefficient (Wildman–Crippen LogP) is 2.04. The molecule has 0 aromatic heterocycles. The van der Waals surface area contributed by atoms with Crippen LogP contribution in [-0.2, 0) is 9.84 Å². The van der Waals surface area contributed by atoms with E-state index in [1.54, 1.807) is 18.2 Å². The monoisotopic (exact) mass is 275 g/mol. The minimum absolute atomic E-state index is 0.231. The number of rotatable bonds is 0. The molecule has 1 aliphatic rings. The minimum Gasteiger partial charge on any atom is -0.384 e. The van der Waals surface area contributed by atoms with Gasteiger partial charge < -0.3 is 5.32 Å². The van der Waals surface area contributed by atoms with Crippen LogP contribution in [0.3, 0.4) is 0 Å². The highest BCUT2D eigenvalue weighted by Crippen LogP contribution is 2.28. The average Bonchev–Trinajstić information content (AvgIpc) is 2.25. The van der Waals surface area contributed by atoms with Crippen LogP contribution in [0.15, 0.2) is 27.6 Å². The van der Waals surface area contributed by atoms with Gasteiger partial charge in [0.1, 0.15) is 0 Å². The van der Waals surface area contributed by atoms with Crippen molar-refractivity contribution in [3.05, 3.63) is 22.7 Å². The summed E-state index contributed by atoms with van der Waals surface area (Å²) >= 11 is 3.32. The molecule has 0 amide bonds. The zero-order valence-electron chi connectivity index (χ0n) is 7.46. The lowest BCUT2D eigenvalue weighted by molar-refractivity contribution is 0.596. The molecular formula is C9H10BrNO2S. The molecule has 1 aliphatic heterocycles. The largest absolute Gasteiger partial charge is 0.384 e. The highest BCUT2D eigenvalue weighted by Gasteiger charge is 2.21. The summed E-state index contributed by atoms with van der Waals surface area (Å²) in [5.41, 5.74) is 0.705. The molecule has 2 rings (SSSR count). The standard InChI is InChI=1S/C9H10BrNO2S/c10-7-2-3-9-8(6-7)11-4-1-5-14(9,12)13/h2-3,6,11H,1,4-5H2. The highest BCUT2D eigenvalue weighted by molar-refractivity contribution is 9.10. The first-order valence-corrected chi connectivity index (χ1v) is 6.80. The Bertz CT molecular complexity index is 456. The number of hydrogen-bond donors (Lipinski definition) is 1. The zero-order chi connectivity index (χ0) is 10.2. The third-order valence-electron chi connectivity index (χ3n) is 2.18. The lowest BCUT2D eigenvalue weighted by Crippen LogP contribution is -2.05. The van der Waals surface area contributed by atoms with E-state index < -0.39 is 9.84 Å². The second-order valence-electron chi connectivity index (χ2n) is 3.24. The Hall–Kier alpha value is -0.550. The van der Waals surface area contributed by atoms with Gasteiger partial charge in [-0.25, -0.2) is 8.42 Å². The Balaban J connectivity index is 2.62. The molecule has 3 nitrogen and oxygen atoms in total. The van der Waals surface area contributed by atoms with Gasteiger partial charge >= 0.3 is 0 Å². The molecule has 5 heteroatoms. The number of benzene rings is 1. The molecule has 0 saturated heterocycles. The predicted molar refractivity (Wildman–Crippen MR) is 59.3 cm³/mol. The van der Waals surface area contributed by atoms with Crippen molar-refractivity contribution < 1.29 is 8.42 Å². The van der Waals surface area contributed by atoms with Gasteiger partial charge in [0.25, 0.3) is 0 Å². The second kappa shape index (κ2) is 3.55. The Morgan fingerprint density at radius 3 is 2.93 bits per heavy atom. The Kier molecular flexibility index (Phi) is 2.53. The third kappa shape index (κ3) is 1.79. The van der Waals surface area contributed by atoms with Crippen molar-refractivity contribution in [1.29, 1.82) is 0 Å². The van der Waals surface area contributed by atoms with E-state index in [1.807, 2.05) is 0 Å². The summed E-state index contributed by atoms with van der Waals surface area (Å²) in [6.45, 7) is 0.711. The van der Waals surface area contributed by atoms with Crippen LogP contribution in [0.1, 0.15) is 6.42 Å². The molecule has 0 radical (unpaired) electrons. The average molecular weight is 276 g/mol. The molecule has 0 atom stereocenters. The lowest BCUT2D eigenvalue weighted by Gasteiger charge is -2.06. The van der Waals surface area contributed by atoms with Crippen LogP contribution in [0.5, 0.6) is 0 Å². The van der Waals surface area contributed by atoms with Crippen molar-refractivity contribution in [2.24, 2.45) is 0 Å².